The Morgan fingerprint density at radius 2 is 2.00 bits per heavy atom. The minimum Gasteiger partial charge on any atom is -0.256 e. The van der Waals surface area contributed by atoms with Crippen LogP contribution in [0.15, 0.2) is 35.4 Å². The maximum Gasteiger partial charge on any atom is 0.238 e. The van der Waals surface area contributed by atoms with Crippen LogP contribution in [0.1, 0.15) is 0 Å². The minimum atomic E-state index is -3.69. The van der Waals surface area contributed by atoms with E-state index in [4.69, 9.17) is 16.7 Å². The highest BCUT2D eigenvalue weighted by molar-refractivity contribution is 7.89. The number of halogens is 1. The summed E-state index contributed by atoms with van der Waals surface area (Å²) < 4.78 is 22.2. The Bertz CT molecular complexity index is 625. The van der Waals surface area contributed by atoms with Gasteiger partial charge in [0.1, 0.15) is 0 Å². The van der Waals surface area contributed by atoms with Crippen LogP contribution >= 0.6 is 11.6 Å². The molecule has 2 aromatic rings. The van der Waals surface area contributed by atoms with Gasteiger partial charge in [-0.15, -0.1) is 0 Å². The third-order valence-electron chi connectivity index (χ3n) is 1.99. The first-order valence-corrected chi connectivity index (χ1v) is 5.98. The van der Waals surface area contributed by atoms with Crippen molar-refractivity contribution in [1.82, 2.24) is 4.98 Å². The minimum absolute atomic E-state index is 0.0322. The molecule has 0 aliphatic rings. The third kappa shape index (κ3) is 1.94. The number of nitrogens with two attached hydrogens (primary N) is 1. The summed E-state index contributed by atoms with van der Waals surface area (Å²) in [5.41, 5.74) is 0.508. The van der Waals surface area contributed by atoms with Crippen LogP contribution in [0.25, 0.3) is 10.9 Å². The number of fused-ring (bicyclic) bond motifs is 1. The molecule has 0 spiro atoms. The monoisotopic (exact) mass is 242 g/mol. The number of primary sulfonamides is 1. The van der Waals surface area contributed by atoms with Crippen molar-refractivity contribution in [2.45, 2.75) is 4.90 Å². The molecule has 0 aliphatic heterocycles. The number of hydrogen-bond donors (Lipinski definition) is 1. The molecular formula is C9H7ClN2O2S. The second-order valence-electron chi connectivity index (χ2n) is 3.02. The van der Waals surface area contributed by atoms with E-state index in [2.05, 4.69) is 4.98 Å². The number of benzene rings is 1. The van der Waals surface area contributed by atoms with Crippen molar-refractivity contribution in [1.29, 1.82) is 0 Å². The van der Waals surface area contributed by atoms with Crippen molar-refractivity contribution >= 4 is 32.5 Å². The highest BCUT2D eigenvalue weighted by atomic mass is 35.5. The molecule has 15 heavy (non-hydrogen) atoms. The van der Waals surface area contributed by atoms with E-state index in [1.54, 1.807) is 12.1 Å². The van der Waals surface area contributed by atoms with Crippen LogP contribution in [0, 0.1) is 0 Å². The fraction of sp³-hybridized carbons (Fsp3) is 0. The standard InChI is InChI=1S/C9H7ClN2O2S/c10-8-3-4-12-9-5-6(15(11,13)14)1-2-7(8)9/h1-5H,(H2,11,13,14). The van der Waals surface area contributed by atoms with E-state index in [0.717, 1.165) is 0 Å². The molecule has 78 valence electrons. The first kappa shape index (κ1) is 10.4. The molecule has 2 rings (SSSR count). The summed E-state index contributed by atoms with van der Waals surface area (Å²) in [6.07, 6.45) is 1.51. The van der Waals surface area contributed by atoms with Gasteiger partial charge in [-0.25, -0.2) is 13.6 Å². The van der Waals surface area contributed by atoms with Crippen LogP contribution in [-0.2, 0) is 10.0 Å². The SMILES string of the molecule is NS(=O)(=O)c1ccc2c(Cl)ccnc2c1. The second-order valence-corrected chi connectivity index (χ2v) is 4.99. The highest BCUT2D eigenvalue weighted by Crippen LogP contribution is 2.23. The predicted molar refractivity (Wildman–Crippen MR) is 58.1 cm³/mol. The van der Waals surface area contributed by atoms with Gasteiger partial charge in [0.25, 0.3) is 0 Å². The van der Waals surface area contributed by atoms with E-state index in [-0.39, 0.29) is 4.90 Å². The molecule has 0 bridgehead atoms. The second kappa shape index (κ2) is 3.44. The number of aromatic nitrogens is 1. The first-order chi connectivity index (χ1) is 6.98. The average Bonchev–Trinajstić information content (AvgIpc) is 2.16. The van der Waals surface area contributed by atoms with Gasteiger partial charge in [0.2, 0.25) is 10.0 Å². The van der Waals surface area contributed by atoms with E-state index in [1.165, 1.54) is 18.3 Å². The summed E-state index contributed by atoms with van der Waals surface area (Å²) in [7, 11) is -3.69. The lowest BCUT2D eigenvalue weighted by molar-refractivity contribution is 0.598. The molecule has 0 radical (unpaired) electrons. The van der Waals surface area contributed by atoms with Crippen LogP contribution in [0.3, 0.4) is 0 Å². The van der Waals surface area contributed by atoms with Crippen molar-refractivity contribution in [3.8, 4) is 0 Å². The van der Waals surface area contributed by atoms with Crippen molar-refractivity contribution in [2.24, 2.45) is 5.14 Å². The Hall–Kier alpha value is -1.17. The van der Waals surface area contributed by atoms with Gasteiger partial charge in [-0.1, -0.05) is 11.6 Å². The molecule has 0 unspecified atom stereocenters. The fourth-order valence-electron chi connectivity index (χ4n) is 1.27. The summed E-state index contributed by atoms with van der Waals surface area (Å²) >= 11 is 5.90. The van der Waals surface area contributed by atoms with Crippen LogP contribution in [-0.4, -0.2) is 13.4 Å². The molecule has 4 nitrogen and oxygen atoms in total. The van der Waals surface area contributed by atoms with Gasteiger partial charge in [0.15, 0.2) is 0 Å². The van der Waals surface area contributed by atoms with Crippen LogP contribution in [0.5, 0.6) is 0 Å². The predicted octanol–water partition coefficient (Wildman–Crippen LogP) is 1.54. The molecule has 1 heterocycles. The van der Waals surface area contributed by atoms with E-state index in [0.29, 0.717) is 15.9 Å². The van der Waals surface area contributed by atoms with Gasteiger partial charge >= 0.3 is 0 Å². The third-order valence-corrected chi connectivity index (χ3v) is 3.23. The normalized spacial score (nSPS) is 11.9. The topological polar surface area (TPSA) is 73.1 Å². The van der Waals surface area contributed by atoms with E-state index >= 15 is 0 Å². The van der Waals surface area contributed by atoms with E-state index in [9.17, 15) is 8.42 Å². The van der Waals surface area contributed by atoms with Crippen LogP contribution in [0.4, 0.5) is 0 Å². The van der Waals surface area contributed by atoms with Gasteiger partial charge in [-0.2, -0.15) is 0 Å². The molecule has 2 N–H and O–H groups in total. The first-order valence-electron chi connectivity index (χ1n) is 4.05. The number of sulfonamides is 1. The molecule has 0 saturated carbocycles. The maximum absolute atomic E-state index is 11.1. The average molecular weight is 243 g/mol. The van der Waals surface area contributed by atoms with Gasteiger partial charge in [0, 0.05) is 11.6 Å². The number of hydrogen-bond acceptors (Lipinski definition) is 3. The Kier molecular flexibility index (Phi) is 2.38. The molecule has 0 aliphatic carbocycles. The zero-order valence-electron chi connectivity index (χ0n) is 7.51. The fourth-order valence-corrected chi connectivity index (χ4v) is 2.02. The summed E-state index contributed by atoms with van der Waals surface area (Å²) in [6.45, 7) is 0. The molecule has 0 atom stereocenters. The van der Waals surface area contributed by atoms with E-state index < -0.39 is 10.0 Å². The molecular weight excluding hydrogens is 236 g/mol. The molecule has 6 heteroatoms. The lowest BCUT2D eigenvalue weighted by atomic mass is 10.2. The Morgan fingerprint density at radius 1 is 1.27 bits per heavy atom. The van der Waals surface area contributed by atoms with Crippen LogP contribution < -0.4 is 5.14 Å². The van der Waals surface area contributed by atoms with Gasteiger partial charge < -0.3 is 0 Å². The van der Waals surface area contributed by atoms with E-state index in [1.807, 2.05) is 0 Å². The van der Waals surface area contributed by atoms with Crippen molar-refractivity contribution in [3.63, 3.8) is 0 Å². The van der Waals surface area contributed by atoms with Crippen molar-refractivity contribution < 1.29 is 8.42 Å². The number of rotatable bonds is 1. The zero-order chi connectivity index (χ0) is 11.1. The van der Waals surface area contributed by atoms with Gasteiger partial charge in [-0.05, 0) is 24.3 Å². The zero-order valence-corrected chi connectivity index (χ0v) is 9.09. The molecule has 1 aromatic heterocycles. The van der Waals surface area contributed by atoms with Crippen molar-refractivity contribution in [2.75, 3.05) is 0 Å². The van der Waals surface area contributed by atoms with Crippen LogP contribution in [0.2, 0.25) is 5.02 Å². The highest BCUT2D eigenvalue weighted by Gasteiger charge is 2.09. The Morgan fingerprint density at radius 3 is 2.67 bits per heavy atom. The Balaban J connectivity index is 2.79. The largest absolute Gasteiger partial charge is 0.256 e. The quantitative estimate of drug-likeness (QED) is 0.824. The summed E-state index contributed by atoms with van der Waals surface area (Å²) in [5, 5.41) is 6.23. The summed E-state index contributed by atoms with van der Waals surface area (Å²) in [6, 6.07) is 6.03. The van der Waals surface area contributed by atoms with Gasteiger partial charge in [-0.3, -0.25) is 4.98 Å². The lowest BCUT2D eigenvalue weighted by Crippen LogP contribution is -2.11. The number of nitrogens with zero attached hydrogens (tertiary/aromatic N) is 1. The summed E-state index contributed by atoms with van der Waals surface area (Å²) in [4.78, 5) is 4.04. The summed E-state index contributed by atoms with van der Waals surface area (Å²) in [5.74, 6) is 0. The molecule has 1 aromatic carbocycles. The van der Waals surface area contributed by atoms with Crippen molar-refractivity contribution in [3.05, 3.63) is 35.5 Å². The Labute approximate surface area is 91.7 Å². The van der Waals surface area contributed by atoms with Gasteiger partial charge in [0.05, 0.1) is 15.4 Å². The molecule has 0 saturated heterocycles. The molecule has 0 fully saturated rings. The smallest absolute Gasteiger partial charge is 0.238 e. The number of pyridine rings is 1. The molecule has 0 amide bonds. The lowest BCUT2D eigenvalue weighted by Gasteiger charge is -2.01. The maximum atomic E-state index is 11.1.